The maximum absolute atomic E-state index is 11.2. The van der Waals surface area contributed by atoms with Crippen molar-refractivity contribution in [1.29, 1.82) is 0 Å². The number of pyridine rings is 1. The van der Waals surface area contributed by atoms with Gasteiger partial charge in [-0.1, -0.05) is 0 Å². The molecule has 1 aromatic heterocycles. The molecule has 0 unspecified atom stereocenters. The van der Waals surface area contributed by atoms with E-state index < -0.39 is 0 Å². The number of hydrogen-bond acceptors (Lipinski definition) is 2. The van der Waals surface area contributed by atoms with Crippen molar-refractivity contribution in [2.24, 2.45) is 0 Å². The van der Waals surface area contributed by atoms with Crippen molar-refractivity contribution in [3.8, 4) is 0 Å². The van der Waals surface area contributed by atoms with E-state index in [9.17, 15) is 4.79 Å². The van der Waals surface area contributed by atoms with Crippen molar-refractivity contribution in [3.63, 3.8) is 0 Å². The molecule has 2 rings (SSSR count). The molecule has 4 heteroatoms. The van der Waals surface area contributed by atoms with Crippen LogP contribution in [0.15, 0.2) is 12.1 Å². The Balaban J connectivity index is 2.49. The number of amides is 1. The first kappa shape index (κ1) is 9.12. The average Bonchev–Trinajstić information content (AvgIpc) is 2.42. The molecule has 1 aliphatic heterocycles. The van der Waals surface area contributed by atoms with Gasteiger partial charge in [0.15, 0.2) is 0 Å². The SMILES string of the molecule is [B]=C1C(=O)Nc2nc(C(C)C)ccc21. The Bertz CT molecular complexity index is 426. The van der Waals surface area contributed by atoms with Crippen molar-refractivity contribution in [2.45, 2.75) is 19.8 Å². The van der Waals surface area contributed by atoms with Crippen LogP contribution in [0, 0.1) is 0 Å². The van der Waals surface area contributed by atoms with Gasteiger partial charge in [0.25, 0.3) is 0 Å². The van der Waals surface area contributed by atoms with Crippen LogP contribution in [0.2, 0.25) is 0 Å². The van der Waals surface area contributed by atoms with Gasteiger partial charge in [0.1, 0.15) is 0 Å². The summed E-state index contributed by atoms with van der Waals surface area (Å²) < 4.78 is 0. The molecular formula is C10H10BN2O. The molecule has 1 amide bonds. The van der Waals surface area contributed by atoms with Crippen LogP contribution >= 0.6 is 0 Å². The molecule has 3 nitrogen and oxygen atoms in total. The van der Waals surface area contributed by atoms with Gasteiger partial charge in [0.05, 0.1) is 0 Å². The summed E-state index contributed by atoms with van der Waals surface area (Å²) in [6.07, 6.45) is 0. The summed E-state index contributed by atoms with van der Waals surface area (Å²) in [5.74, 6) is 0.672. The summed E-state index contributed by atoms with van der Waals surface area (Å²) in [4.78, 5) is 15.5. The van der Waals surface area contributed by atoms with Crippen LogP contribution in [0.25, 0.3) is 0 Å². The van der Waals surface area contributed by atoms with Crippen molar-refractivity contribution < 1.29 is 4.79 Å². The molecule has 1 aliphatic rings. The van der Waals surface area contributed by atoms with Gasteiger partial charge >= 0.3 is 82.9 Å². The zero-order valence-electron chi connectivity index (χ0n) is 8.16. The normalized spacial score (nSPS) is 14.4. The van der Waals surface area contributed by atoms with Crippen LogP contribution in [-0.2, 0) is 4.79 Å². The van der Waals surface area contributed by atoms with Crippen LogP contribution in [-0.4, -0.2) is 23.8 Å². The Hall–Kier alpha value is -1.45. The van der Waals surface area contributed by atoms with E-state index in [1.165, 1.54) is 0 Å². The van der Waals surface area contributed by atoms with E-state index >= 15 is 0 Å². The fraction of sp³-hybridized carbons (Fsp3) is 0.300. The van der Waals surface area contributed by atoms with E-state index in [1.807, 2.05) is 12.1 Å². The fourth-order valence-electron chi connectivity index (χ4n) is 1.41. The molecule has 0 bridgehead atoms. The summed E-state index contributed by atoms with van der Waals surface area (Å²) >= 11 is 0. The van der Waals surface area contributed by atoms with E-state index in [2.05, 4.69) is 24.1 Å². The van der Waals surface area contributed by atoms with Crippen molar-refractivity contribution in [2.75, 3.05) is 5.32 Å². The third-order valence-electron chi connectivity index (χ3n) is 2.28. The molecule has 0 spiro atoms. The van der Waals surface area contributed by atoms with Crippen molar-refractivity contribution >= 4 is 24.7 Å². The molecule has 0 fully saturated rings. The van der Waals surface area contributed by atoms with Gasteiger partial charge in [-0.05, 0) is 0 Å². The summed E-state index contributed by atoms with van der Waals surface area (Å²) in [6, 6.07) is 3.74. The molecule has 69 valence electrons. The van der Waals surface area contributed by atoms with Crippen LogP contribution in [0.1, 0.15) is 31.0 Å². The van der Waals surface area contributed by atoms with E-state index in [0.717, 1.165) is 5.69 Å². The summed E-state index contributed by atoms with van der Waals surface area (Å²) in [5.41, 5.74) is 1.92. The van der Waals surface area contributed by atoms with Gasteiger partial charge < -0.3 is 0 Å². The Labute approximate surface area is 83.6 Å². The zero-order chi connectivity index (χ0) is 10.3. The van der Waals surface area contributed by atoms with Gasteiger partial charge in [-0.25, -0.2) is 0 Å². The quantitative estimate of drug-likeness (QED) is 0.658. The number of nitrogens with one attached hydrogen (secondary N) is 1. The first-order valence-electron chi connectivity index (χ1n) is 4.54. The summed E-state index contributed by atoms with van der Waals surface area (Å²) in [7, 11) is 5.58. The third-order valence-corrected chi connectivity index (χ3v) is 2.28. The second kappa shape index (κ2) is 3.05. The Morgan fingerprint density at radius 2 is 2.14 bits per heavy atom. The molecule has 0 saturated heterocycles. The molecule has 0 saturated carbocycles. The van der Waals surface area contributed by atoms with E-state index in [-0.39, 0.29) is 11.4 Å². The molecular weight excluding hydrogens is 175 g/mol. The van der Waals surface area contributed by atoms with Crippen LogP contribution < -0.4 is 5.32 Å². The van der Waals surface area contributed by atoms with E-state index in [4.69, 9.17) is 7.49 Å². The Kier molecular flexibility index (Phi) is 1.99. The topological polar surface area (TPSA) is 42.0 Å². The zero-order valence-corrected chi connectivity index (χ0v) is 8.16. The number of rotatable bonds is 1. The van der Waals surface area contributed by atoms with Crippen LogP contribution in [0.5, 0.6) is 0 Å². The Morgan fingerprint density at radius 3 is 2.79 bits per heavy atom. The summed E-state index contributed by atoms with van der Waals surface area (Å²) in [6.45, 7) is 4.11. The van der Waals surface area contributed by atoms with Crippen molar-refractivity contribution in [3.05, 3.63) is 23.4 Å². The number of nitrogens with zero attached hydrogens (tertiary/aromatic N) is 1. The molecule has 1 aromatic rings. The van der Waals surface area contributed by atoms with Crippen LogP contribution in [0.4, 0.5) is 5.82 Å². The van der Waals surface area contributed by atoms with Gasteiger partial charge in [0, 0.05) is 0 Å². The predicted octanol–water partition coefficient (Wildman–Crippen LogP) is 0.846. The Morgan fingerprint density at radius 1 is 1.43 bits per heavy atom. The second-order valence-electron chi connectivity index (χ2n) is 3.65. The maximum atomic E-state index is 11.2. The standard InChI is InChI=1S/C10H10BN2O/c1-5(2)7-4-3-6-8(11)10(14)13-9(6)12-7/h3-5H,1-2H3,(H,12,13,14). The number of aromatic nitrogens is 1. The number of carbonyl (C=O) groups excluding carboxylic acids is 1. The molecule has 1 N–H and O–H groups in total. The first-order valence-corrected chi connectivity index (χ1v) is 4.54. The second-order valence-corrected chi connectivity index (χ2v) is 3.65. The summed E-state index contributed by atoms with van der Waals surface area (Å²) in [5, 5.41) is 2.63. The minimum atomic E-state index is -0.256. The van der Waals surface area contributed by atoms with Crippen molar-refractivity contribution in [1.82, 2.24) is 4.98 Å². The van der Waals surface area contributed by atoms with Gasteiger partial charge in [-0.2, -0.15) is 0 Å². The molecule has 2 heterocycles. The number of fused-ring (bicyclic) bond motifs is 1. The fourth-order valence-corrected chi connectivity index (χ4v) is 1.41. The van der Waals surface area contributed by atoms with E-state index in [0.29, 0.717) is 17.3 Å². The average molecular weight is 185 g/mol. The van der Waals surface area contributed by atoms with Gasteiger partial charge in [0.2, 0.25) is 0 Å². The molecule has 0 atom stereocenters. The molecule has 0 aliphatic carbocycles. The number of anilines is 1. The number of hydrogen-bond donors (Lipinski definition) is 1. The number of carbonyl (C=O) groups is 1. The van der Waals surface area contributed by atoms with E-state index in [1.54, 1.807) is 0 Å². The van der Waals surface area contributed by atoms with Gasteiger partial charge in [-0.15, -0.1) is 0 Å². The molecule has 1 radical (unpaired) electrons. The molecule has 14 heavy (non-hydrogen) atoms. The third kappa shape index (κ3) is 1.27. The molecule has 0 aromatic carbocycles. The van der Waals surface area contributed by atoms with Gasteiger partial charge in [-0.3, -0.25) is 0 Å². The monoisotopic (exact) mass is 185 g/mol. The minimum absolute atomic E-state index is 0.253. The first-order chi connectivity index (χ1) is 6.59. The van der Waals surface area contributed by atoms with Crippen LogP contribution in [0.3, 0.4) is 0 Å². The predicted molar refractivity (Wildman–Crippen MR) is 56.8 cm³/mol.